The second-order valence-corrected chi connectivity index (χ2v) is 6.29. The molecule has 1 saturated heterocycles. The highest BCUT2D eigenvalue weighted by molar-refractivity contribution is 5.76. The van der Waals surface area contributed by atoms with Crippen molar-refractivity contribution < 1.29 is 4.79 Å². The Morgan fingerprint density at radius 3 is 2.96 bits per heavy atom. The molecule has 1 fully saturated rings. The smallest absolute Gasteiger partial charge is 0.224 e. The summed E-state index contributed by atoms with van der Waals surface area (Å²) in [5.74, 6) is 1.38. The molecule has 6 nitrogen and oxygen atoms in total. The van der Waals surface area contributed by atoms with E-state index in [4.69, 9.17) is 0 Å². The lowest BCUT2D eigenvalue weighted by Gasteiger charge is -2.33. The van der Waals surface area contributed by atoms with Crippen molar-refractivity contribution in [3.8, 4) is 0 Å². The van der Waals surface area contributed by atoms with Crippen LogP contribution in [0.1, 0.15) is 42.1 Å². The summed E-state index contributed by atoms with van der Waals surface area (Å²) in [7, 11) is 0. The van der Waals surface area contributed by atoms with Gasteiger partial charge in [0.15, 0.2) is 0 Å². The first-order chi connectivity index (χ1) is 11.1. The lowest BCUT2D eigenvalue weighted by molar-refractivity contribution is -0.132. The van der Waals surface area contributed by atoms with Crippen LogP contribution in [0.5, 0.6) is 0 Å². The van der Waals surface area contributed by atoms with Gasteiger partial charge < -0.3 is 4.90 Å². The third-order valence-corrected chi connectivity index (χ3v) is 4.54. The average Bonchev–Trinajstić information content (AvgIpc) is 2.98. The molecule has 6 heteroatoms. The number of rotatable bonds is 4. The van der Waals surface area contributed by atoms with Crippen LogP contribution in [0.25, 0.3) is 0 Å². The fourth-order valence-corrected chi connectivity index (χ4v) is 3.22. The maximum Gasteiger partial charge on any atom is 0.224 e. The van der Waals surface area contributed by atoms with E-state index in [9.17, 15) is 4.79 Å². The molecule has 0 N–H and O–H groups in total. The molecule has 2 heterocycles. The maximum atomic E-state index is 12.5. The van der Waals surface area contributed by atoms with Gasteiger partial charge in [-0.15, -0.1) is 5.10 Å². The fourth-order valence-electron chi connectivity index (χ4n) is 3.22. The first kappa shape index (κ1) is 15.6. The molecule has 0 radical (unpaired) electrons. The van der Waals surface area contributed by atoms with Crippen LogP contribution in [0.2, 0.25) is 0 Å². The Kier molecular flexibility index (Phi) is 4.69. The highest BCUT2D eigenvalue weighted by Gasteiger charge is 2.24. The lowest BCUT2D eigenvalue weighted by atomic mass is 9.89. The number of likely N-dealkylation sites (tertiary alicyclic amines) is 1. The molecule has 0 aliphatic carbocycles. The minimum atomic E-state index is 0.192. The highest BCUT2D eigenvalue weighted by Crippen LogP contribution is 2.27. The molecular formula is C17H23N5O. The van der Waals surface area contributed by atoms with Gasteiger partial charge in [0, 0.05) is 25.4 Å². The Balaban J connectivity index is 1.59. The van der Waals surface area contributed by atoms with E-state index in [1.165, 1.54) is 11.1 Å². The number of hydrogen-bond acceptors (Lipinski definition) is 4. The van der Waals surface area contributed by atoms with Crippen molar-refractivity contribution in [1.82, 2.24) is 25.1 Å². The van der Waals surface area contributed by atoms with Gasteiger partial charge >= 0.3 is 0 Å². The molecule has 1 aromatic carbocycles. The quantitative estimate of drug-likeness (QED) is 0.867. The second-order valence-electron chi connectivity index (χ2n) is 6.29. The molecule has 122 valence electrons. The molecule has 23 heavy (non-hydrogen) atoms. The summed E-state index contributed by atoms with van der Waals surface area (Å²) in [6, 6.07) is 8.63. The van der Waals surface area contributed by atoms with Crippen molar-refractivity contribution in [2.75, 3.05) is 13.1 Å². The Bertz CT molecular complexity index is 681. The van der Waals surface area contributed by atoms with E-state index in [1.807, 2.05) is 11.8 Å². The average molecular weight is 313 g/mol. The van der Waals surface area contributed by atoms with Crippen LogP contribution in [0, 0.1) is 13.8 Å². The summed E-state index contributed by atoms with van der Waals surface area (Å²) in [6.45, 7) is 6.18. The number of carbonyl (C=O) groups excluding carboxylic acids is 1. The van der Waals surface area contributed by atoms with E-state index in [0.717, 1.165) is 31.8 Å². The predicted octanol–water partition coefficient (Wildman–Crippen LogP) is 2.09. The molecule has 2 aromatic rings. The zero-order valence-electron chi connectivity index (χ0n) is 13.8. The Morgan fingerprint density at radius 2 is 2.22 bits per heavy atom. The number of aryl methyl sites for hydroxylation is 3. The van der Waals surface area contributed by atoms with Crippen LogP contribution in [-0.4, -0.2) is 44.1 Å². The minimum absolute atomic E-state index is 0.192. The Hall–Kier alpha value is -2.24. The van der Waals surface area contributed by atoms with Gasteiger partial charge in [0.25, 0.3) is 0 Å². The summed E-state index contributed by atoms with van der Waals surface area (Å²) < 4.78 is 1.68. The Labute approximate surface area is 136 Å². The van der Waals surface area contributed by atoms with Crippen LogP contribution >= 0.6 is 0 Å². The first-order valence-electron chi connectivity index (χ1n) is 8.20. The summed E-state index contributed by atoms with van der Waals surface area (Å²) in [6.07, 6.45) is 2.67. The lowest BCUT2D eigenvalue weighted by Crippen LogP contribution is -2.39. The number of piperidine rings is 1. The zero-order chi connectivity index (χ0) is 16.2. The van der Waals surface area contributed by atoms with E-state index in [0.29, 0.717) is 18.9 Å². The maximum absolute atomic E-state index is 12.5. The Morgan fingerprint density at radius 1 is 1.35 bits per heavy atom. The van der Waals surface area contributed by atoms with Crippen LogP contribution in [0.4, 0.5) is 0 Å². The monoisotopic (exact) mass is 313 g/mol. The number of benzene rings is 1. The van der Waals surface area contributed by atoms with Crippen LogP contribution in [0.15, 0.2) is 24.3 Å². The number of hydrogen-bond donors (Lipinski definition) is 0. The third-order valence-electron chi connectivity index (χ3n) is 4.54. The SMILES string of the molecule is Cc1cccc([C@@H]2CCCN(C(=O)CCn3nnnc3C)C2)c1. The number of aromatic nitrogens is 4. The number of amides is 1. The van der Waals surface area contributed by atoms with E-state index >= 15 is 0 Å². The topological polar surface area (TPSA) is 63.9 Å². The molecule has 0 unspecified atom stereocenters. The van der Waals surface area contributed by atoms with Gasteiger partial charge in [-0.05, 0) is 42.7 Å². The molecule has 1 amide bonds. The molecule has 0 saturated carbocycles. The molecule has 1 aromatic heterocycles. The molecule has 0 bridgehead atoms. The van der Waals surface area contributed by atoms with E-state index in [2.05, 4.69) is 46.7 Å². The predicted molar refractivity (Wildman–Crippen MR) is 86.9 cm³/mol. The van der Waals surface area contributed by atoms with Crippen LogP contribution < -0.4 is 0 Å². The van der Waals surface area contributed by atoms with Gasteiger partial charge in [0.05, 0.1) is 6.54 Å². The zero-order valence-corrected chi connectivity index (χ0v) is 13.8. The van der Waals surface area contributed by atoms with E-state index in [-0.39, 0.29) is 5.91 Å². The normalized spacial score (nSPS) is 18.2. The summed E-state index contributed by atoms with van der Waals surface area (Å²) >= 11 is 0. The van der Waals surface area contributed by atoms with Crippen LogP contribution in [0.3, 0.4) is 0 Å². The second kappa shape index (κ2) is 6.89. The number of nitrogens with zero attached hydrogens (tertiary/aromatic N) is 5. The highest BCUT2D eigenvalue weighted by atomic mass is 16.2. The number of carbonyl (C=O) groups is 1. The molecule has 3 rings (SSSR count). The standard InChI is InChI=1S/C17H23N5O/c1-13-5-3-6-15(11-13)16-7-4-9-21(12-16)17(23)8-10-22-14(2)18-19-20-22/h3,5-6,11,16H,4,7-10,12H2,1-2H3/t16-/m1/s1. The first-order valence-corrected chi connectivity index (χ1v) is 8.20. The minimum Gasteiger partial charge on any atom is -0.342 e. The van der Waals surface area contributed by atoms with Crippen molar-refractivity contribution in [2.45, 2.75) is 45.6 Å². The van der Waals surface area contributed by atoms with Crippen molar-refractivity contribution in [3.63, 3.8) is 0 Å². The summed E-state index contributed by atoms with van der Waals surface area (Å²) in [5, 5.41) is 11.3. The van der Waals surface area contributed by atoms with Gasteiger partial charge in [0.1, 0.15) is 5.82 Å². The van der Waals surface area contributed by atoms with Gasteiger partial charge in [-0.25, -0.2) is 4.68 Å². The molecular weight excluding hydrogens is 290 g/mol. The van der Waals surface area contributed by atoms with Gasteiger partial charge in [-0.1, -0.05) is 29.8 Å². The molecule has 0 spiro atoms. The summed E-state index contributed by atoms with van der Waals surface area (Å²) in [5.41, 5.74) is 2.62. The van der Waals surface area contributed by atoms with Gasteiger partial charge in [-0.2, -0.15) is 0 Å². The van der Waals surface area contributed by atoms with Gasteiger partial charge in [0.2, 0.25) is 5.91 Å². The van der Waals surface area contributed by atoms with Crippen molar-refractivity contribution in [3.05, 3.63) is 41.2 Å². The molecule has 1 aliphatic heterocycles. The number of tetrazole rings is 1. The van der Waals surface area contributed by atoms with Gasteiger partial charge in [-0.3, -0.25) is 4.79 Å². The fraction of sp³-hybridized carbons (Fsp3) is 0.529. The van der Waals surface area contributed by atoms with E-state index < -0.39 is 0 Å². The van der Waals surface area contributed by atoms with Crippen molar-refractivity contribution in [1.29, 1.82) is 0 Å². The summed E-state index contributed by atoms with van der Waals surface area (Å²) in [4.78, 5) is 14.5. The molecule has 1 aliphatic rings. The largest absolute Gasteiger partial charge is 0.342 e. The van der Waals surface area contributed by atoms with E-state index in [1.54, 1.807) is 4.68 Å². The van der Waals surface area contributed by atoms with Crippen molar-refractivity contribution >= 4 is 5.91 Å². The molecule has 1 atom stereocenters. The van der Waals surface area contributed by atoms with Crippen molar-refractivity contribution in [2.24, 2.45) is 0 Å². The van der Waals surface area contributed by atoms with Crippen LogP contribution in [-0.2, 0) is 11.3 Å². The third kappa shape index (κ3) is 3.75.